The van der Waals surface area contributed by atoms with Gasteiger partial charge in [0.05, 0.1) is 11.4 Å². The summed E-state index contributed by atoms with van der Waals surface area (Å²) in [6.45, 7) is 3.37. The maximum atomic E-state index is 11.2. The molecule has 0 saturated heterocycles. The molecule has 1 heterocycles. The molecular weight excluding hydrogens is 254 g/mol. The quantitative estimate of drug-likeness (QED) is 0.792. The number of carbonyl (C=O) groups is 1. The SMILES string of the molecule is Cc1nn(CCC(N)=O)c(C)c1S(=O)(=O)Cl. The summed E-state index contributed by atoms with van der Waals surface area (Å²) in [7, 11) is 1.46. The van der Waals surface area contributed by atoms with Gasteiger partial charge in [-0.15, -0.1) is 0 Å². The summed E-state index contributed by atoms with van der Waals surface area (Å²) in [5, 5.41) is 3.99. The smallest absolute Gasteiger partial charge is 0.264 e. The van der Waals surface area contributed by atoms with Crippen LogP contribution >= 0.6 is 10.7 Å². The molecule has 0 aliphatic carbocycles. The fraction of sp³-hybridized carbons (Fsp3) is 0.500. The zero-order valence-corrected chi connectivity index (χ0v) is 10.5. The van der Waals surface area contributed by atoms with E-state index in [0.29, 0.717) is 11.4 Å². The highest BCUT2D eigenvalue weighted by atomic mass is 35.7. The molecule has 1 aromatic rings. The molecule has 0 bridgehead atoms. The predicted molar refractivity (Wildman–Crippen MR) is 58.6 cm³/mol. The number of carbonyl (C=O) groups excluding carboxylic acids is 1. The second-order valence-corrected chi connectivity index (χ2v) is 5.88. The highest BCUT2D eigenvalue weighted by molar-refractivity contribution is 8.13. The number of aryl methyl sites for hydroxylation is 2. The molecule has 1 rings (SSSR count). The number of nitrogens with zero attached hydrogens (tertiary/aromatic N) is 2. The van der Waals surface area contributed by atoms with Crippen LogP contribution in [0.5, 0.6) is 0 Å². The topological polar surface area (TPSA) is 95.1 Å². The van der Waals surface area contributed by atoms with Gasteiger partial charge in [-0.1, -0.05) is 0 Å². The Balaban J connectivity index is 3.12. The van der Waals surface area contributed by atoms with E-state index in [2.05, 4.69) is 5.10 Å². The van der Waals surface area contributed by atoms with Crippen molar-refractivity contribution in [3.63, 3.8) is 0 Å². The van der Waals surface area contributed by atoms with Crippen molar-refractivity contribution in [1.82, 2.24) is 9.78 Å². The number of nitrogens with two attached hydrogens (primary N) is 1. The number of hydrogen-bond acceptors (Lipinski definition) is 4. The molecule has 1 amide bonds. The van der Waals surface area contributed by atoms with E-state index in [-0.39, 0.29) is 17.9 Å². The average molecular weight is 266 g/mol. The van der Waals surface area contributed by atoms with Gasteiger partial charge in [-0.25, -0.2) is 8.42 Å². The second kappa shape index (κ2) is 4.42. The first-order valence-electron chi connectivity index (χ1n) is 4.50. The lowest BCUT2D eigenvalue weighted by Gasteiger charge is -2.02. The Morgan fingerprint density at radius 3 is 2.44 bits per heavy atom. The molecule has 0 atom stereocenters. The van der Waals surface area contributed by atoms with Crippen LogP contribution in [0.2, 0.25) is 0 Å². The summed E-state index contributed by atoms with van der Waals surface area (Å²) >= 11 is 0. The van der Waals surface area contributed by atoms with Gasteiger partial charge < -0.3 is 5.73 Å². The summed E-state index contributed by atoms with van der Waals surface area (Å²) in [5.74, 6) is -0.470. The minimum Gasteiger partial charge on any atom is -0.370 e. The van der Waals surface area contributed by atoms with E-state index < -0.39 is 15.0 Å². The third kappa shape index (κ3) is 2.73. The monoisotopic (exact) mass is 265 g/mol. The van der Waals surface area contributed by atoms with Crippen LogP contribution in [-0.4, -0.2) is 24.1 Å². The first kappa shape index (κ1) is 13.0. The van der Waals surface area contributed by atoms with E-state index in [1.54, 1.807) is 13.8 Å². The van der Waals surface area contributed by atoms with Crippen molar-refractivity contribution in [2.24, 2.45) is 5.73 Å². The lowest BCUT2D eigenvalue weighted by atomic mass is 10.4. The van der Waals surface area contributed by atoms with E-state index in [4.69, 9.17) is 16.4 Å². The molecule has 2 N–H and O–H groups in total. The van der Waals surface area contributed by atoms with Crippen LogP contribution < -0.4 is 5.73 Å². The molecule has 90 valence electrons. The Morgan fingerprint density at radius 1 is 1.50 bits per heavy atom. The maximum Gasteiger partial charge on any atom is 0.264 e. The van der Waals surface area contributed by atoms with Crippen molar-refractivity contribution >= 4 is 25.6 Å². The van der Waals surface area contributed by atoms with Gasteiger partial charge in [0.15, 0.2) is 0 Å². The van der Waals surface area contributed by atoms with E-state index in [0.717, 1.165) is 0 Å². The van der Waals surface area contributed by atoms with Gasteiger partial charge in [0.1, 0.15) is 4.90 Å². The molecule has 0 aliphatic rings. The number of primary amides is 1. The standard InChI is InChI=1S/C8H12ClN3O3S/c1-5-8(16(9,14)15)6(2)12(11-5)4-3-7(10)13/h3-4H2,1-2H3,(H2,10,13). The van der Waals surface area contributed by atoms with Crippen LogP contribution in [-0.2, 0) is 20.4 Å². The molecule has 1 aromatic heterocycles. The van der Waals surface area contributed by atoms with Crippen molar-refractivity contribution < 1.29 is 13.2 Å². The van der Waals surface area contributed by atoms with Gasteiger partial charge in [-0.05, 0) is 13.8 Å². The first-order valence-corrected chi connectivity index (χ1v) is 6.81. The fourth-order valence-electron chi connectivity index (χ4n) is 1.47. The normalized spacial score (nSPS) is 11.7. The van der Waals surface area contributed by atoms with Crippen LogP contribution in [0, 0.1) is 13.8 Å². The highest BCUT2D eigenvalue weighted by Crippen LogP contribution is 2.23. The van der Waals surface area contributed by atoms with Gasteiger partial charge in [-0.2, -0.15) is 5.10 Å². The number of hydrogen-bond donors (Lipinski definition) is 1. The number of aromatic nitrogens is 2. The van der Waals surface area contributed by atoms with Gasteiger partial charge >= 0.3 is 0 Å². The lowest BCUT2D eigenvalue weighted by Crippen LogP contribution is -2.15. The Bertz CT molecular complexity index is 521. The van der Waals surface area contributed by atoms with Gasteiger partial charge in [0.2, 0.25) is 5.91 Å². The summed E-state index contributed by atoms with van der Waals surface area (Å²) in [4.78, 5) is 10.6. The molecule has 0 radical (unpaired) electrons. The predicted octanol–water partition coefficient (Wildman–Crippen LogP) is 0.303. The molecule has 0 fully saturated rings. The van der Waals surface area contributed by atoms with Gasteiger partial charge in [0, 0.05) is 23.6 Å². The zero-order valence-electron chi connectivity index (χ0n) is 8.90. The zero-order chi connectivity index (χ0) is 12.5. The third-order valence-corrected chi connectivity index (χ3v) is 3.67. The van der Waals surface area contributed by atoms with Gasteiger partial charge in [0.25, 0.3) is 9.05 Å². The van der Waals surface area contributed by atoms with Crippen LogP contribution in [0.15, 0.2) is 4.90 Å². The molecule has 0 aromatic carbocycles. The molecule has 0 aliphatic heterocycles. The Labute approximate surface area is 97.8 Å². The van der Waals surface area contributed by atoms with Gasteiger partial charge in [-0.3, -0.25) is 9.48 Å². The Hall–Kier alpha value is -1.08. The van der Waals surface area contributed by atoms with Crippen LogP contribution in [0.4, 0.5) is 0 Å². The van der Waals surface area contributed by atoms with Crippen molar-refractivity contribution in [2.75, 3.05) is 0 Å². The van der Waals surface area contributed by atoms with Crippen LogP contribution in [0.1, 0.15) is 17.8 Å². The number of halogens is 1. The first-order chi connectivity index (χ1) is 7.23. The number of rotatable bonds is 4. The lowest BCUT2D eigenvalue weighted by molar-refractivity contribution is -0.118. The van der Waals surface area contributed by atoms with Crippen LogP contribution in [0.25, 0.3) is 0 Å². The average Bonchev–Trinajstić information content (AvgIpc) is 2.36. The molecule has 0 spiro atoms. The van der Waals surface area contributed by atoms with E-state index in [1.165, 1.54) is 4.68 Å². The Morgan fingerprint density at radius 2 is 2.06 bits per heavy atom. The summed E-state index contributed by atoms with van der Waals surface area (Å²) in [5.41, 5.74) is 5.72. The van der Waals surface area contributed by atoms with E-state index in [9.17, 15) is 13.2 Å². The molecular formula is C8H12ClN3O3S. The van der Waals surface area contributed by atoms with Crippen molar-refractivity contribution in [3.05, 3.63) is 11.4 Å². The minimum absolute atomic E-state index is 0.00126. The van der Waals surface area contributed by atoms with Crippen molar-refractivity contribution in [1.29, 1.82) is 0 Å². The van der Waals surface area contributed by atoms with Crippen LogP contribution in [0.3, 0.4) is 0 Å². The molecule has 6 nitrogen and oxygen atoms in total. The molecule has 0 unspecified atom stereocenters. The number of amides is 1. The minimum atomic E-state index is -3.81. The molecule has 16 heavy (non-hydrogen) atoms. The van der Waals surface area contributed by atoms with E-state index >= 15 is 0 Å². The highest BCUT2D eigenvalue weighted by Gasteiger charge is 2.22. The largest absolute Gasteiger partial charge is 0.370 e. The molecule has 0 saturated carbocycles. The fourth-order valence-corrected chi connectivity index (χ4v) is 2.99. The second-order valence-electron chi connectivity index (χ2n) is 3.38. The summed E-state index contributed by atoms with van der Waals surface area (Å²) in [6.07, 6.45) is 0.101. The van der Waals surface area contributed by atoms with Crippen molar-refractivity contribution in [2.45, 2.75) is 31.7 Å². The van der Waals surface area contributed by atoms with Crippen molar-refractivity contribution in [3.8, 4) is 0 Å². The Kier molecular flexibility index (Phi) is 3.59. The van der Waals surface area contributed by atoms with E-state index in [1.807, 2.05) is 0 Å². The summed E-state index contributed by atoms with van der Waals surface area (Å²) in [6, 6.07) is 0. The molecule has 8 heteroatoms. The third-order valence-electron chi connectivity index (χ3n) is 2.13. The summed E-state index contributed by atoms with van der Waals surface area (Å²) < 4.78 is 23.9. The maximum absolute atomic E-state index is 11.2.